The minimum absolute atomic E-state index is 0.0464. The van der Waals surface area contributed by atoms with E-state index in [2.05, 4.69) is 153 Å². The predicted molar refractivity (Wildman–Crippen MR) is 192 cm³/mol. The van der Waals surface area contributed by atoms with Gasteiger partial charge in [-0.25, -0.2) is 0 Å². The molecule has 0 fully saturated rings. The molecular formula is C41H23BN4. The molecule has 210 valence electrons. The number of hydrogen-bond donors (Lipinski definition) is 0. The summed E-state index contributed by atoms with van der Waals surface area (Å²) in [5.41, 5.74) is 15.2. The Kier molecular flexibility index (Phi) is 4.03. The van der Waals surface area contributed by atoms with E-state index in [1.807, 2.05) is 0 Å². The maximum absolute atomic E-state index is 4.91. The number of fused-ring (bicyclic) bond motifs is 14. The van der Waals surface area contributed by atoms with E-state index in [4.69, 9.17) is 4.98 Å². The van der Waals surface area contributed by atoms with E-state index in [-0.39, 0.29) is 6.71 Å². The molecule has 0 bridgehead atoms. The molecule has 0 radical (unpaired) electrons. The Morgan fingerprint density at radius 2 is 1.04 bits per heavy atom. The van der Waals surface area contributed by atoms with Crippen LogP contribution in [0.3, 0.4) is 0 Å². The summed E-state index contributed by atoms with van der Waals surface area (Å²) in [6.07, 6.45) is 4.18. The summed E-state index contributed by atoms with van der Waals surface area (Å²) in [5.74, 6) is 0. The van der Waals surface area contributed by atoms with Gasteiger partial charge in [0, 0.05) is 61.8 Å². The first-order chi connectivity index (χ1) is 22.9. The van der Waals surface area contributed by atoms with Crippen LogP contribution < -0.4 is 16.4 Å². The van der Waals surface area contributed by atoms with Gasteiger partial charge in [0.1, 0.15) is 0 Å². The third kappa shape index (κ3) is 2.53. The van der Waals surface area contributed by atoms with Crippen LogP contribution in [0.5, 0.6) is 0 Å². The molecule has 0 spiro atoms. The smallest absolute Gasteiger partial charge is 0.254 e. The Labute approximate surface area is 263 Å². The molecule has 0 saturated carbocycles. The highest BCUT2D eigenvalue weighted by atomic mass is 15.0. The zero-order chi connectivity index (χ0) is 29.7. The van der Waals surface area contributed by atoms with Gasteiger partial charge in [-0.2, -0.15) is 0 Å². The minimum atomic E-state index is 0.0464. The lowest BCUT2D eigenvalue weighted by molar-refractivity contribution is 1.14. The van der Waals surface area contributed by atoms with E-state index in [0.717, 1.165) is 0 Å². The Morgan fingerprint density at radius 1 is 0.435 bits per heavy atom. The molecule has 0 amide bonds. The highest BCUT2D eigenvalue weighted by molar-refractivity contribution is 7.00. The van der Waals surface area contributed by atoms with Crippen molar-refractivity contribution in [3.05, 3.63) is 140 Å². The minimum Gasteiger partial charge on any atom is -0.310 e. The molecule has 2 aliphatic rings. The zero-order valence-electron chi connectivity index (χ0n) is 24.6. The van der Waals surface area contributed by atoms with Crippen molar-refractivity contribution in [3.8, 4) is 17.1 Å². The third-order valence-electron chi connectivity index (χ3n) is 10.7. The summed E-state index contributed by atoms with van der Waals surface area (Å²) in [6, 6.07) is 46.9. The van der Waals surface area contributed by atoms with E-state index in [0.29, 0.717) is 0 Å². The van der Waals surface area contributed by atoms with Crippen molar-refractivity contribution >= 4 is 88.5 Å². The number of nitrogens with zero attached hydrogens (tertiary/aromatic N) is 4. The second-order valence-corrected chi connectivity index (χ2v) is 12.7. The fraction of sp³-hybridized carbons (Fsp3) is 0. The molecule has 4 nitrogen and oxygen atoms in total. The normalized spacial score (nSPS) is 13.2. The molecule has 4 aromatic heterocycles. The maximum Gasteiger partial charge on any atom is 0.254 e. The first-order valence-electron chi connectivity index (χ1n) is 15.9. The van der Waals surface area contributed by atoms with Crippen LogP contribution in [-0.2, 0) is 0 Å². The largest absolute Gasteiger partial charge is 0.310 e. The lowest BCUT2D eigenvalue weighted by Gasteiger charge is -2.33. The van der Waals surface area contributed by atoms with E-state index in [9.17, 15) is 0 Å². The van der Waals surface area contributed by atoms with Crippen molar-refractivity contribution < 1.29 is 0 Å². The van der Waals surface area contributed by atoms with Crippen molar-refractivity contribution in [1.29, 1.82) is 0 Å². The molecule has 0 N–H and O–H groups in total. The number of para-hydroxylation sites is 4. The molecular weight excluding hydrogens is 559 g/mol. The molecule has 46 heavy (non-hydrogen) atoms. The van der Waals surface area contributed by atoms with Crippen molar-refractivity contribution in [3.63, 3.8) is 0 Å². The summed E-state index contributed by atoms with van der Waals surface area (Å²) in [4.78, 5) is 4.91. The average Bonchev–Trinajstić information content (AvgIpc) is 3.76. The molecule has 0 unspecified atom stereocenters. The van der Waals surface area contributed by atoms with Gasteiger partial charge in [-0.1, -0.05) is 78.9 Å². The van der Waals surface area contributed by atoms with Gasteiger partial charge in [0.05, 0.1) is 33.1 Å². The van der Waals surface area contributed by atoms with Crippen LogP contribution in [0.25, 0.3) is 82.5 Å². The van der Waals surface area contributed by atoms with Crippen molar-refractivity contribution in [2.75, 3.05) is 0 Å². The van der Waals surface area contributed by atoms with Gasteiger partial charge >= 0.3 is 0 Å². The lowest BCUT2D eigenvalue weighted by atomic mass is 9.34. The van der Waals surface area contributed by atoms with Gasteiger partial charge in [-0.05, 0) is 64.9 Å². The van der Waals surface area contributed by atoms with Crippen molar-refractivity contribution in [1.82, 2.24) is 18.7 Å². The monoisotopic (exact) mass is 582 g/mol. The standard InChI is InChI=1S/C41H23BN4/c1-2-11-24(12-3-1)44-32-17-8-5-14-26(32)37-36(44)21-29-41-38(37)27-15-6-9-18-33(27)46(41)35-20-10-19-34-39(35)42(29)30-23-43-22-28-25-13-4-7-16-31(25)45(34)40(28)30/h1-23H. The summed E-state index contributed by atoms with van der Waals surface area (Å²) in [6.45, 7) is 0.0464. The fourth-order valence-corrected chi connectivity index (χ4v) is 9.07. The van der Waals surface area contributed by atoms with Gasteiger partial charge in [0.15, 0.2) is 0 Å². The number of rotatable bonds is 1. The van der Waals surface area contributed by atoms with Crippen LogP contribution in [0.15, 0.2) is 140 Å². The van der Waals surface area contributed by atoms with Gasteiger partial charge < -0.3 is 13.7 Å². The summed E-state index contributed by atoms with van der Waals surface area (Å²) in [5, 5.41) is 7.68. The van der Waals surface area contributed by atoms with Gasteiger partial charge in [-0.15, -0.1) is 0 Å². The predicted octanol–water partition coefficient (Wildman–Crippen LogP) is 7.52. The summed E-state index contributed by atoms with van der Waals surface area (Å²) < 4.78 is 7.50. The molecule has 6 aromatic carbocycles. The highest BCUT2D eigenvalue weighted by Gasteiger charge is 2.41. The molecule has 0 aliphatic carbocycles. The lowest BCUT2D eigenvalue weighted by Crippen LogP contribution is -2.59. The number of benzene rings is 6. The molecule has 0 saturated heterocycles. The Morgan fingerprint density at radius 3 is 1.80 bits per heavy atom. The SMILES string of the molecule is c1ccc(-n2c3ccccc3c3c4c5ccccc5n5c4c(cc32)B2c3c(cccc3-5)-n3c4ccccc4c4cncc2c43)cc1. The molecule has 0 atom stereocenters. The molecule has 6 heterocycles. The highest BCUT2D eigenvalue weighted by Crippen LogP contribution is 2.44. The van der Waals surface area contributed by atoms with Crippen LogP contribution in [0.2, 0.25) is 0 Å². The van der Waals surface area contributed by atoms with E-state index in [1.165, 1.54) is 98.9 Å². The third-order valence-corrected chi connectivity index (χ3v) is 10.7. The Balaban J connectivity index is 1.37. The van der Waals surface area contributed by atoms with Gasteiger partial charge in [0.2, 0.25) is 0 Å². The van der Waals surface area contributed by atoms with Crippen LogP contribution >= 0.6 is 0 Å². The number of aromatic nitrogens is 4. The quantitative estimate of drug-likeness (QED) is 0.184. The Hall–Kier alpha value is -6.07. The molecule has 12 rings (SSSR count). The topological polar surface area (TPSA) is 27.7 Å². The summed E-state index contributed by atoms with van der Waals surface area (Å²) >= 11 is 0. The first kappa shape index (κ1) is 23.3. The maximum atomic E-state index is 4.91. The average molecular weight is 582 g/mol. The summed E-state index contributed by atoms with van der Waals surface area (Å²) in [7, 11) is 0. The van der Waals surface area contributed by atoms with Crippen molar-refractivity contribution in [2.24, 2.45) is 0 Å². The van der Waals surface area contributed by atoms with Crippen molar-refractivity contribution in [2.45, 2.75) is 0 Å². The molecule has 5 heteroatoms. The van der Waals surface area contributed by atoms with Crippen LogP contribution in [0.4, 0.5) is 0 Å². The van der Waals surface area contributed by atoms with Crippen LogP contribution in [0.1, 0.15) is 0 Å². The first-order valence-corrected chi connectivity index (χ1v) is 15.9. The van der Waals surface area contributed by atoms with E-state index < -0.39 is 0 Å². The molecule has 10 aromatic rings. The second-order valence-electron chi connectivity index (χ2n) is 12.7. The Bertz CT molecular complexity index is 2980. The van der Waals surface area contributed by atoms with Gasteiger partial charge in [-0.3, -0.25) is 4.98 Å². The zero-order valence-corrected chi connectivity index (χ0v) is 24.6. The van der Waals surface area contributed by atoms with Crippen LogP contribution in [0, 0.1) is 0 Å². The van der Waals surface area contributed by atoms with E-state index >= 15 is 0 Å². The molecule has 2 aliphatic heterocycles. The fourth-order valence-electron chi connectivity index (χ4n) is 9.07. The van der Waals surface area contributed by atoms with Crippen LogP contribution in [-0.4, -0.2) is 25.4 Å². The number of pyridine rings is 1. The number of hydrogen-bond acceptors (Lipinski definition) is 1. The van der Waals surface area contributed by atoms with E-state index in [1.54, 1.807) is 0 Å². The second kappa shape index (κ2) is 7.95. The van der Waals surface area contributed by atoms with Gasteiger partial charge in [0.25, 0.3) is 6.71 Å².